The van der Waals surface area contributed by atoms with E-state index in [2.05, 4.69) is 5.16 Å². The number of nitrogens with one attached hydrogen (secondary N) is 1. The summed E-state index contributed by atoms with van der Waals surface area (Å²) in [6, 6.07) is 8.50. The average Bonchev–Trinajstić information content (AvgIpc) is 3.82. The first-order valence-electron chi connectivity index (χ1n) is 13.9. The molecule has 1 N–H and O–H groups in total. The first-order chi connectivity index (χ1) is 20.4. The van der Waals surface area contributed by atoms with Crippen molar-refractivity contribution in [3.05, 3.63) is 69.1 Å². The number of carbonyl (C=O) groups excluding carboxylic acids is 2. The number of piperidine rings is 1. The zero-order valence-corrected chi connectivity index (χ0v) is 24.8. The molecular weight excluding hydrogens is 627 g/mol. The van der Waals surface area contributed by atoms with Gasteiger partial charge in [0.1, 0.15) is 23.2 Å². The molecule has 4 fully saturated rings. The van der Waals surface area contributed by atoms with Crippen LogP contribution in [0.4, 0.5) is 14.5 Å². The number of hydrogen-bond acceptors (Lipinski definition) is 8. The Bertz CT molecular complexity index is 1750. The van der Waals surface area contributed by atoms with E-state index in [9.17, 15) is 18.0 Å². The van der Waals surface area contributed by atoms with E-state index in [1.54, 1.807) is 18.2 Å². The Morgan fingerprint density at radius 2 is 1.84 bits per heavy atom. The van der Waals surface area contributed by atoms with E-state index in [1.807, 2.05) is 9.62 Å². The zero-order valence-electron chi connectivity index (χ0n) is 22.5. The van der Waals surface area contributed by atoms with E-state index in [1.165, 1.54) is 12.1 Å². The maximum Gasteiger partial charge on any atom is 0.344 e. The highest BCUT2D eigenvalue weighted by atomic mass is 35.5. The molecule has 3 aliphatic carbocycles. The van der Waals surface area contributed by atoms with Crippen LogP contribution in [0, 0.1) is 11.7 Å². The molecule has 4 aliphatic rings. The molecule has 2 aromatic carbocycles. The van der Waals surface area contributed by atoms with Gasteiger partial charge in [-0.15, -0.1) is 0 Å². The number of hydrogen-bond donors (Lipinski definition) is 1. The van der Waals surface area contributed by atoms with Gasteiger partial charge in [0.25, 0.3) is 5.91 Å². The number of carbonyl (C=O) groups is 2. The number of halogens is 4. The molecule has 1 aliphatic heterocycles. The van der Waals surface area contributed by atoms with Gasteiger partial charge in [0.2, 0.25) is 10.0 Å². The number of anilines is 1. The molecule has 3 aromatic rings. The lowest BCUT2D eigenvalue weighted by atomic mass is 10.0. The van der Waals surface area contributed by atoms with Gasteiger partial charge >= 0.3 is 5.97 Å². The van der Waals surface area contributed by atoms with Crippen molar-refractivity contribution in [3.63, 3.8) is 0 Å². The van der Waals surface area contributed by atoms with E-state index < -0.39 is 44.7 Å². The number of benzene rings is 2. The van der Waals surface area contributed by atoms with Crippen molar-refractivity contribution in [2.24, 2.45) is 5.92 Å². The largest absolute Gasteiger partial charge is 0.458 e. The molecule has 2 heterocycles. The number of fused-ring (bicyclic) bond motifs is 2. The van der Waals surface area contributed by atoms with Crippen LogP contribution in [0.2, 0.25) is 10.0 Å². The highest BCUT2D eigenvalue weighted by Gasteiger charge is 2.53. The minimum atomic E-state index is -3.76. The number of rotatable bonds is 8. The number of amides is 1. The van der Waals surface area contributed by atoms with Crippen molar-refractivity contribution in [1.29, 1.82) is 0 Å². The third kappa shape index (κ3) is 5.06. The first-order valence-corrected chi connectivity index (χ1v) is 16.2. The summed E-state index contributed by atoms with van der Waals surface area (Å²) < 4.78 is 67.8. The number of aromatic nitrogens is 1. The van der Waals surface area contributed by atoms with Crippen molar-refractivity contribution >= 4 is 50.8 Å². The van der Waals surface area contributed by atoms with Crippen LogP contribution in [-0.4, -0.2) is 49.4 Å². The molecule has 1 aromatic heterocycles. The standard InChI is InChI=1S/C29H25Cl2F2N3O6S/c30-18-2-1-3-19(31)23(18)25-24(26(42-34-25)29(33)8-9-29)28(38)41-22-12-16-10-15(22)13-36(16)21-7-4-14(11-20(21)32)27(37)35-43(39,40)17-5-6-17/h1-4,7,11,15-17,22H,5-6,8-10,12-13H2,(H,35,37)/t15-,16-,22+/m0/s1. The second kappa shape index (κ2) is 10.2. The van der Waals surface area contributed by atoms with Crippen LogP contribution in [0.1, 0.15) is 65.0 Å². The summed E-state index contributed by atoms with van der Waals surface area (Å²) in [5, 5.41) is 3.83. The van der Waals surface area contributed by atoms with E-state index in [0.717, 1.165) is 6.07 Å². The molecule has 0 unspecified atom stereocenters. The Labute approximate surface area is 255 Å². The molecule has 2 bridgehead atoms. The number of ether oxygens (including phenoxy) is 1. The van der Waals surface area contributed by atoms with Crippen LogP contribution < -0.4 is 9.62 Å². The van der Waals surface area contributed by atoms with Crippen molar-refractivity contribution in [3.8, 4) is 11.3 Å². The first kappa shape index (κ1) is 28.5. The summed E-state index contributed by atoms with van der Waals surface area (Å²) in [7, 11) is -3.76. The van der Waals surface area contributed by atoms with Crippen LogP contribution in [-0.2, 0) is 20.4 Å². The predicted molar refractivity (Wildman–Crippen MR) is 153 cm³/mol. The zero-order chi connectivity index (χ0) is 30.3. The van der Waals surface area contributed by atoms with Crippen LogP contribution >= 0.6 is 23.2 Å². The van der Waals surface area contributed by atoms with Gasteiger partial charge in [-0.25, -0.2) is 26.7 Å². The maximum atomic E-state index is 15.2. The molecule has 1 amide bonds. The van der Waals surface area contributed by atoms with Crippen LogP contribution in [0.3, 0.4) is 0 Å². The number of nitrogens with zero attached hydrogens (tertiary/aromatic N) is 2. The molecule has 226 valence electrons. The van der Waals surface area contributed by atoms with Gasteiger partial charge < -0.3 is 14.2 Å². The Morgan fingerprint density at radius 3 is 2.44 bits per heavy atom. The van der Waals surface area contributed by atoms with Crippen molar-refractivity contribution in [2.45, 2.75) is 61.6 Å². The summed E-state index contributed by atoms with van der Waals surface area (Å²) in [4.78, 5) is 27.8. The van der Waals surface area contributed by atoms with Gasteiger partial charge in [-0.3, -0.25) is 4.79 Å². The quantitative estimate of drug-likeness (QED) is 0.304. The average molecular weight is 653 g/mol. The van der Waals surface area contributed by atoms with E-state index >= 15 is 8.78 Å². The lowest BCUT2D eigenvalue weighted by molar-refractivity contribution is 0.0187. The number of esters is 1. The normalized spacial score (nSPS) is 23.8. The van der Waals surface area contributed by atoms with Crippen molar-refractivity contribution in [2.75, 3.05) is 11.4 Å². The number of alkyl halides is 1. The molecule has 1 saturated heterocycles. The van der Waals surface area contributed by atoms with E-state index in [-0.39, 0.29) is 68.7 Å². The van der Waals surface area contributed by atoms with Gasteiger partial charge in [-0.1, -0.05) is 34.4 Å². The molecule has 43 heavy (non-hydrogen) atoms. The second-order valence-electron chi connectivity index (χ2n) is 11.6. The Kier molecular flexibility index (Phi) is 6.75. The van der Waals surface area contributed by atoms with Gasteiger partial charge in [-0.05, 0) is 62.4 Å². The predicted octanol–water partition coefficient (Wildman–Crippen LogP) is 5.79. The molecule has 7 rings (SSSR count). The summed E-state index contributed by atoms with van der Waals surface area (Å²) in [6.45, 7) is 0.383. The molecule has 9 nitrogen and oxygen atoms in total. The molecule has 14 heteroatoms. The molecule has 0 spiro atoms. The third-order valence-electron chi connectivity index (χ3n) is 8.64. The molecule has 0 radical (unpaired) electrons. The summed E-state index contributed by atoms with van der Waals surface area (Å²) in [6.07, 6.45) is 1.89. The molecule has 3 saturated carbocycles. The van der Waals surface area contributed by atoms with Gasteiger partial charge in [0, 0.05) is 36.1 Å². The summed E-state index contributed by atoms with van der Waals surface area (Å²) in [5.41, 5.74) is -1.53. The third-order valence-corrected chi connectivity index (χ3v) is 11.1. The fourth-order valence-electron chi connectivity index (χ4n) is 6.09. The van der Waals surface area contributed by atoms with E-state index in [4.69, 9.17) is 32.5 Å². The monoisotopic (exact) mass is 651 g/mol. The van der Waals surface area contributed by atoms with E-state index in [0.29, 0.717) is 32.2 Å². The SMILES string of the molecule is O=C(NS(=O)(=O)C1CC1)c1ccc(N2C[C@@H]3C[C@H]2C[C@H]3OC(=O)c2c(-c3c(Cl)cccc3Cl)noc2C2(F)CC2)c(F)c1. The van der Waals surface area contributed by atoms with Crippen LogP contribution in [0.25, 0.3) is 11.3 Å². The van der Waals surface area contributed by atoms with Gasteiger partial charge in [0.05, 0.1) is 21.0 Å². The second-order valence-corrected chi connectivity index (χ2v) is 14.4. The summed E-state index contributed by atoms with van der Waals surface area (Å²) >= 11 is 12.7. The van der Waals surface area contributed by atoms with Crippen LogP contribution in [0.5, 0.6) is 0 Å². The Balaban J connectivity index is 1.07. The van der Waals surface area contributed by atoms with Crippen molar-refractivity contribution in [1.82, 2.24) is 9.88 Å². The molecule has 3 atom stereocenters. The lowest BCUT2D eigenvalue weighted by Gasteiger charge is -2.33. The Morgan fingerprint density at radius 1 is 1.12 bits per heavy atom. The number of sulfonamides is 1. The summed E-state index contributed by atoms with van der Waals surface area (Å²) in [5.74, 6) is -2.66. The van der Waals surface area contributed by atoms with Gasteiger partial charge in [-0.2, -0.15) is 0 Å². The topological polar surface area (TPSA) is 119 Å². The fourth-order valence-corrected chi connectivity index (χ4v) is 7.97. The van der Waals surface area contributed by atoms with Crippen LogP contribution in [0.15, 0.2) is 40.9 Å². The van der Waals surface area contributed by atoms with Gasteiger partial charge in [0.15, 0.2) is 11.4 Å². The smallest absolute Gasteiger partial charge is 0.344 e. The minimum Gasteiger partial charge on any atom is -0.458 e. The highest BCUT2D eigenvalue weighted by Crippen LogP contribution is 2.53. The maximum absolute atomic E-state index is 15.2. The van der Waals surface area contributed by atoms with Crippen molar-refractivity contribution < 1.29 is 36.0 Å². The lowest BCUT2D eigenvalue weighted by Crippen LogP contribution is -2.40. The Hall–Kier alpha value is -3.22. The fraction of sp³-hybridized carbons (Fsp3) is 0.414. The highest BCUT2D eigenvalue weighted by molar-refractivity contribution is 7.91. The minimum absolute atomic E-state index is 0.0143. The molecular formula is C29H25Cl2F2N3O6S.